The van der Waals surface area contributed by atoms with Gasteiger partial charge in [-0.25, -0.2) is 9.37 Å². The molecule has 6 heteroatoms. The maximum atomic E-state index is 13.7. The smallest absolute Gasteiger partial charge is 0.266 e. The van der Waals surface area contributed by atoms with Crippen molar-refractivity contribution in [3.8, 4) is 5.69 Å². The third kappa shape index (κ3) is 5.80. The van der Waals surface area contributed by atoms with E-state index < -0.39 is 6.04 Å². The van der Waals surface area contributed by atoms with Gasteiger partial charge in [-0.3, -0.25) is 14.2 Å². The lowest BCUT2D eigenvalue weighted by Gasteiger charge is -2.31. The van der Waals surface area contributed by atoms with Gasteiger partial charge in [-0.1, -0.05) is 51.7 Å². The summed E-state index contributed by atoms with van der Waals surface area (Å²) in [6.45, 7) is 6.85. The van der Waals surface area contributed by atoms with Gasteiger partial charge in [0.1, 0.15) is 11.6 Å². The van der Waals surface area contributed by atoms with E-state index in [-0.39, 0.29) is 17.3 Å². The Hall–Kier alpha value is -3.02. The number of hydrogen-bond acceptors (Lipinski definition) is 3. The van der Waals surface area contributed by atoms with E-state index in [1.165, 1.54) is 37.8 Å². The van der Waals surface area contributed by atoms with Gasteiger partial charge in [-0.15, -0.1) is 0 Å². The zero-order valence-electron chi connectivity index (χ0n) is 21.0. The maximum absolute atomic E-state index is 13.7. The van der Waals surface area contributed by atoms with Crippen LogP contribution in [0.15, 0.2) is 53.3 Å². The summed E-state index contributed by atoms with van der Waals surface area (Å²) in [5, 5.41) is 0.495. The zero-order valence-corrected chi connectivity index (χ0v) is 21.0. The van der Waals surface area contributed by atoms with Crippen molar-refractivity contribution in [1.29, 1.82) is 0 Å². The van der Waals surface area contributed by atoms with E-state index in [2.05, 4.69) is 13.8 Å². The van der Waals surface area contributed by atoms with Crippen LogP contribution in [0.3, 0.4) is 0 Å². The maximum Gasteiger partial charge on any atom is 0.266 e. The quantitative estimate of drug-likeness (QED) is 0.357. The molecule has 0 bridgehead atoms. The molecule has 186 valence electrons. The number of aromatic nitrogens is 2. The van der Waals surface area contributed by atoms with Crippen LogP contribution in [-0.2, 0) is 4.79 Å². The number of benzene rings is 2. The van der Waals surface area contributed by atoms with Crippen molar-refractivity contribution in [1.82, 2.24) is 14.5 Å². The van der Waals surface area contributed by atoms with Gasteiger partial charge in [0.25, 0.3) is 5.56 Å². The van der Waals surface area contributed by atoms with Crippen LogP contribution in [0.2, 0.25) is 0 Å². The monoisotopic (exact) mass is 477 g/mol. The van der Waals surface area contributed by atoms with Gasteiger partial charge in [0, 0.05) is 13.0 Å². The number of halogens is 1. The van der Waals surface area contributed by atoms with Crippen molar-refractivity contribution in [3.05, 3.63) is 70.5 Å². The Morgan fingerprint density at radius 3 is 2.46 bits per heavy atom. The number of carbonyl (C=O) groups excluding carboxylic acids is 1. The summed E-state index contributed by atoms with van der Waals surface area (Å²) in [4.78, 5) is 33.9. The number of carbonyl (C=O) groups is 1. The molecule has 2 aromatic carbocycles. The number of amides is 1. The Kier molecular flexibility index (Phi) is 7.99. The Balaban J connectivity index is 1.75. The molecule has 0 N–H and O–H groups in total. The highest BCUT2D eigenvalue weighted by Gasteiger charge is 2.27. The number of hydrogen-bond donors (Lipinski definition) is 0. The fourth-order valence-corrected chi connectivity index (χ4v) is 5.11. The number of rotatable bonds is 9. The van der Waals surface area contributed by atoms with E-state index in [1.54, 1.807) is 22.8 Å². The summed E-state index contributed by atoms with van der Waals surface area (Å²) in [6.07, 6.45) is 7.25. The molecule has 0 radical (unpaired) electrons. The topological polar surface area (TPSA) is 55.2 Å². The Morgan fingerprint density at radius 1 is 1.09 bits per heavy atom. The largest absolute Gasteiger partial charge is 0.333 e. The van der Waals surface area contributed by atoms with Gasteiger partial charge in [0.05, 0.1) is 22.6 Å². The van der Waals surface area contributed by atoms with Crippen LogP contribution in [-0.4, -0.2) is 26.9 Å². The van der Waals surface area contributed by atoms with Crippen LogP contribution in [0.1, 0.15) is 77.6 Å². The van der Waals surface area contributed by atoms with Crippen molar-refractivity contribution in [2.75, 3.05) is 6.54 Å². The molecule has 1 atom stereocenters. The lowest BCUT2D eigenvalue weighted by atomic mass is 10.0. The highest BCUT2D eigenvalue weighted by atomic mass is 19.1. The molecule has 0 saturated heterocycles. The molecular formula is C29H36FN3O2. The van der Waals surface area contributed by atoms with Crippen LogP contribution in [0.5, 0.6) is 0 Å². The van der Waals surface area contributed by atoms with Crippen molar-refractivity contribution in [3.63, 3.8) is 0 Å². The minimum atomic E-state index is -0.410. The molecule has 4 rings (SSSR count). The van der Waals surface area contributed by atoms with E-state index in [1.807, 2.05) is 30.0 Å². The second-order valence-corrected chi connectivity index (χ2v) is 10.2. The van der Waals surface area contributed by atoms with Gasteiger partial charge in [0.2, 0.25) is 5.91 Å². The number of nitrogens with zero attached hydrogens (tertiary/aromatic N) is 3. The number of fused-ring (bicyclic) bond motifs is 1. The van der Waals surface area contributed by atoms with Crippen molar-refractivity contribution >= 4 is 16.8 Å². The molecule has 5 nitrogen and oxygen atoms in total. The van der Waals surface area contributed by atoms with Crippen molar-refractivity contribution < 1.29 is 9.18 Å². The van der Waals surface area contributed by atoms with Crippen molar-refractivity contribution in [2.45, 2.75) is 71.8 Å². The fourth-order valence-electron chi connectivity index (χ4n) is 5.11. The standard InChI is InChI=1S/C29H36FN3O2/c1-20(2)18-19-32(27(34)17-12-22-8-4-5-9-22)21(3)28-31-26-11-7-6-10-25(26)29(35)33(28)24-15-13-23(30)14-16-24/h6-7,10-11,13-16,20-22H,4-5,8-9,12,17-19H2,1-3H3. The molecule has 1 amide bonds. The minimum absolute atomic E-state index is 0.109. The first kappa shape index (κ1) is 25.1. The van der Waals surface area contributed by atoms with E-state index in [4.69, 9.17) is 4.98 Å². The van der Waals surface area contributed by atoms with Gasteiger partial charge < -0.3 is 4.90 Å². The second-order valence-electron chi connectivity index (χ2n) is 10.2. The summed E-state index contributed by atoms with van der Waals surface area (Å²) in [5.74, 6) is 1.32. The Bertz CT molecular complexity index is 1210. The molecule has 1 saturated carbocycles. The highest BCUT2D eigenvalue weighted by molar-refractivity contribution is 5.79. The summed E-state index contributed by atoms with van der Waals surface area (Å²) in [5.41, 5.74) is 0.921. The van der Waals surface area contributed by atoms with Crippen LogP contribution in [0.25, 0.3) is 16.6 Å². The summed E-state index contributed by atoms with van der Waals surface area (Å²) in [7, 11) is 0. The third-order valence-electron chi connectivity index (χ3n) is 7.24. The van der Waals surface area contributed by atoms with Crippen LogP contribution in [0.4, 0.5) is 4.39 Å². The van der Waals surface area contributed by atoms with E-state index in [0.717, 1.165) is 12.8 Å². The normalized spacial score (nSPS) is 15.1. The summed E-state index contributed by atoms with van der Waals surface area (Å²) in [6, 6.07) is 12.7. The first-order chi connectivity index (χ1) is 16.8. The van der Waals surface area contributed by atoms with E-state index >= 15 is 0 Å². The molecule has 1 aromatic heterocycles. The molecule has 0 aliphatic heterocycles. The molecule has 1 aliphatic rings. The first-order valence-electron chi connectivity index (χ1n) is 12.9. The Labute approximate surface area is 207 Å². The van der Waals surface area contributed by atoms with Crippen LogP contribution >= 0.6 is 0 Å². The average molecular weight is 478 g/mol. The minimum Gasteiger partial charge on any atom is -0.333 e. The summed E-state index contributed by atoms with van der Waals surface area (Å²) < 4.78 is 15.2. The fraction of sp³-hybridized carbons (Fsp3) is 0.483. The predicted molar refractivity (Wildman–Crippen MR) is 138 cm³/mol. The number of para-hydroxylation sites is 1. The van der Waals surface area contributed by atoms with Crippen molar-refractivity contribution in [2.24, 2.45) is 11.8 Å². The molecule has 35 heavy (non-hydrogen) atoms. The third-order valence-corrected chi connectivity index (χ3v) is 7.24. The molecule has 1 heterocycles. The molecule has 1 fully saturated rings. The molecule has 3 aromatic rings. The predicted octanol–water partition coefficient (Wildman–Crippen LogP) is 6.43. The molecular weight excluding hydrogens is 441 g/mol. The Morgan fingerprint density at radius 2 is 1.77 bits per heavy atom. The molecule has 0 spiro atoms. The van der Waals surface area contributed by atoms with Gasteiger partial charge in [-0.2, -0.15) is 0 Å². The lowest BCUT2D eigenvalue weighted by Crippen LogP contribution is -2.38. The van der Waals surface area contributed by atoms with Crippen LogP contribution < -0.4 is 5.56 Å². The average Bonchev–Trinajstić information content (AvgIpc) is 3.37. The second kappa shape index (κ2) is 11.1. The zero-order chi connectivity index (χ0) is 24.9. The van der Waals surface area contributed by atoms with Crippen LogP contribution in [0, 0.1) is 17.7 Å². The van der Waals surface area contributed by atoms with Gasteiger partial charge >= 0.3 is 0 Å². The van der Waals surface area contributed by atoms with Gasteiger partial charge in [0.15, 0.2) is 0 Å². The van der Waals surface area contributed by atoms with E-state index in [9.17, 15) is 14.0 Å². The van der Waals surface area contributed by atoms with Gasteiger partial charge in [-0.05, 0) is 68.0 Å². The first-order valence-corrected chi connectivity index (χ1v) is 12.9. The molecule has 1 aliphatic carbocycles. The molecule has 1 unspecified atom stereocenters. The lowest BCUT2D eigenvalue weighted by molar-refractivity contribution is -0.134. The highest BCUT2D eigenvalue weighted by Crippen LogP contribution is 2.30. The summed E-state index contributed by atoms with van der Waals surface area (Å²) >= 11 is 0. The van der Waals surface area contributed by atoms with E-state index in [0.29, 0.717) is 47.2 Å². The SMILES string of the molecule is CC(C)CCN(C(=O)CCC1CCCC1)C(C)c1nc2ccccc2c(=O)n1-c1ccc(F)cc1.